The van der Waals surface area contributed by atoms with E-state index in [1.165, 1.54) is 12.1 Å². The van der Waals surface area contributed by atoms with Gasteiger partial charge in [0.15, 0.2) is 0 Å². The first-order valence-electron chi connectivity index (χ1n) is 7.15. The number of nitrogens with one attached hydrogen (secondary N) is 2. The van der Waals surface area contributed by atoms with Crippen molar-refractivity contribution in [2.24, 2.45) is 5.92 Å². The summed E-state index contributed by atoms with van der Waals surface area (Å²) in [6.45, 7) is 8.48. The van der Waals surface area contributed by atoms with Crippen LogP contribution in [0, 0.1) is 11.7 Å². The molecule has 112 valence electrons. The van der Waals surface area contributed by atoms with Crippen LogP contribution in [-0.2, 0) is 11.2 Å². The van der Waals surface area contributed by atoms with Gasteiger partial charge in [0.1, 0.15) is 5.82 Å². The maximum atomic E-state index is 12.8. The SMILES string of the molecule is CC(Cc1ccc(F)cc1)NCC(=O)NC(C)C(C)C. The Bertz CT molecular complexity index is 417. The fourth-order valence-corrected chi connectivity index (χ4v) is 1.78. The van der Waals surface area contributed by atoms with Crippen molar-refractivity contribution < 1.29 is 9.18 Å². The van der Waals surface area contributed by atoms with Gasteiger partial charge in [0.2, 0.25) is 5.91 Å². The van der Waals surface area contributed by atoms with E-state index in [-0.39, 0.29) is 23.8 Å². The number of carbonyl (C=O) groups excluding carboxylic acids is 1. The highest BCUT2D eigenvalue weighted by atomic mass is 19.1. The van der Waals surface area contributed by atoms with Crippen LogP contribution >= 0.6 is 0 Å². The van der Waals surface area contributed by atoms with Crippen molar-refractivity contribution in [3.63, 3.8) is 0 Å². The zero-order valence-corrected chi connectivity index (χ0v) is 12.7. The van der Waals surface area contributed by atoms with Gasteiger partial charge in [-0.25, -0.2) is 4.39 Å². The molecule has 3 nitrogen and oxygen atoms in total. The molecule has 1 aromatic carbocycles. The van der Waals surface area contributed by atoms with Crippen LogP contribution in [0.15, 0.2) is 24.3 Å². The Hall–Kier alpha value is -1.42. The minimum Gasteiger partial charge on any atom is -0.352 e. The molecule has 0 radical (unpaired) electrons. The quantitative estimate of drug-likeness (QED) is 0.806. The normalized spacial score (nSPS) is 14.1. The lowest BCUT2D eigenvalue weighted by Crippen LogP contribution is -2.43. The van der Waals surface area contributed by atoms with Gasteiger partial charge in [-0.3, -0.25) is 4.79 Å². The molecular weight excluding hydrogens is 255 g/mol. The maximum absolute atomic E-state index is 12.8. The third-order valence-corrected chi connectivity index (χ3v) is 3.45. The van der Waals surface area contributed by atoms with Crippen molar-refractivity contribution in [3.8, 4) is 0 Å². The summed E-state index contributed by atoms with van der Waals surface area (Å²) in [7, 11) is 0. The molecule has 1 aromatic rings. The van der Waals surface area contributed by atoms with Gasteiger partial charge in [-0.05, 0) is 43.9 Å². The van der Waals surface area contributed by atoms with Gasteiger partial charge in [-0.1, -0.05) is 26.0 Å². The molecule has 0 bridgehead atoms. The first kappa shape index (κ1) is 16.6. The Morgan fingerprint density at radius 2 is 1.75 bits per heavy atom. The molecule has 2 N–H and O–H groups in total. The van der Waals surface area contributed by atoms with Crippen molar-refractivity contribution in [3.05, 3.63) is 35.6 Å². The summed E-state index contributed by atoms with van der Waals surface area (Å²) in [4.78, 5) is 11.7. The number of amides is 1. The van der Waals surface area contributed by atoms with Crippen LogP contribution in [0.3, 0.4) is 0 Å². The second kappa shape index (κ2) is 8.00. The molecule has 0 aliphatic rings. The number of carbonyl (C=O) groups is 1. The zero-order valence-electron chi connectivity index (χ0n) is 12.7. The van der Waals surface area contributed by atoms with Gasteiger partial charge < -0.3 is 10.6 Å². The van der Waals surface area contributed by atoms with Gasteiger partial charge in [0, 0.05) is 12.1 Å². The van der Waals surface area contributed by atoms with E-state index in [0.29, 0.717) is 12.5 Å². The van der Waals surface area contributed by atoms with E-state index < -0.39 is 0 Å². The third kappa shape index (κ3) is 6.15. The molecule has 0 spiro atoms. The summed E-state index contributed by atoms with van der Waals surface area (Å²) in [5, 5.41) is 6.14. The largest absolute Gasteiger partial charge is 0.352 e. The topological polar surface area (TPSA) is 41.1 Å². The first-order chi connectivity index (χ1) is 9.38. The van der Waals surface area contributed by atoms with Crippen molar-refractivity contribution in [1.29, 1.82) is 0 Å². The lowest BCUT2D eigenvalue weighted by atomic mass is 10.1. The minimum atomic E-state index is -0.226. The lowest BCUT2D eigenvalue weighted by molar-refractivity contribution is -0.121. The van der Waals surface area contributed by atoms with Crippen molar-refractivity contribution >= 4 is 5.91 Å². The summed E-state index contributed by atoms with van der Waals surface area (Å²) >= 11 is 0. The number of benzene rings is 1. The first-order valence-corrected chi connectivity index (χ1v) is 7.15. The van der Waals surface area contributed by atoms with Gasteiger partial charge >= 0.3 is 0 Å². The Labute approximate surface area is 121 Å². The van der Waals surface area contributed by atoms with Gasteiger partial charge in [-0.15, -0.1) is 0 Å². The average molecular weight is 280 g/mol. The molecule has 0 saturated heterocycles. The number of rotatable bonds is 7. The highest BCUT2D eigenvalue weighted by molar-refractivity contribution is 5.78. The van der Waals surface area contributed by atoms with Gasteiger partial charge in [0.25, 0.3) is 0 Å². The summed E-state index contributed by atoms with van der Waals surface area (Å²) in [6.07, 6.45) is 0.771. The van der Waals surface area contributed by atoms with Crippen molar-refractivity contribution in [2.45, 2.75) is 46.2 Å². The fourth-order valence-electron chi connectivity index (χ4n) is 1.78. The molecular formula is C16H25FN2O. The van der Waals surface area contributed by atoms with Crippen LogP contribution in [0.5, 0.6) is 0 Å². The summed E-state index contributed by atoms with van der Waals surface area (Å²) in [5.41, 5.74) is 1.06. The van der Waals surface area contributed by atoms with E-state index in [1.807, 2.05) is 13.8 Å². The third-order valence-electron chi connectivity index (χ3n) is 3.45. The lowest BCUT2D eigenvalue weighted by Gasteiger charge is -2.19. The van der Waals surface area contributed by atoms with Crippen LogP contribution < -0.4 is 10.6 Å². The van der Waals surface area contributed by atoms with Crippen LogP contribution in [-0.4, -0.2) is 24.5 Å². The van der Waals surface area contributed by atoms with Gasteiger partial charge in [0.05, 0.1) is 6.54 Å². The molecule has 0 aliphatic heterocycles. The van der Waals surface area contributed by atoms with Crippen LogP contribution in [0.4, 0.5) is 4.39 Å². The highest BCUT2D eigenvalue weighted by Crippen LogP contribution is 2.05. The second-order valence-electron chi connectivity index (χ2n) is 5.71. The molecule has 0 fully saturated rings. The molecule has 0 aromatic heterocycles. The Morgan fingerprint density at radius 3 is 2.30 bits per heavy atom. The van der Waals surface area contributed by atoms with Crippen LogP contribution in [0.2, 0.25) is 0 Å². The molecule has 2 unspecified atom stereocenters. The van der Waals surface area contributed by atoms with E-state index in [9.17, 15) is 9.18 Å². The summed E-state index contributed by atoms with van der Waals surface area (Å²) in [5.74, 6) is 0.212. The van der Waals surface area contributed by atoms with Crippen molar-refractivity contribution in [2.75, 3.05) is 6.54 Å². The minimum absolute atomic E-state index is 0.0113. The number of hydrogen-bond donors (Lipinski definition) is 2. The zero-order chi connectivity index (χ0) is 15.1. The Balaban J connectivity index is 2.30. The van der Waals surface area contributed by atoms with Crippen LogP contribution in [0.1, 0.15) is 33.3 Å². The molecule has 2 atom stereocenters. The van der Waals surface area contributed by atoms with E-state index in [4.69, 9.17) is 0 Å². The van der Waals surface area contributed by atoms with E-state index in [2.05, 4.69) is 24.5 Å². The van der Waals surface area contributed by atoms with E-state index in [1.54, 1.807) is 12.1 Å². The number of hydrogen-bond acceptors (Lipinski definition) is 2. The van der Waals surface area contributed by atoms with Gasteiger partial charge in [-0.2, -0.15) is 0 Å². The highest BCUT2D eigenvalue weighted by Gasteiger charge is 2.11. The Kier molecular flexibility index (Phi) is 6.65. The van der Waals surface area contributed by atoms with E-state index >= 15 is 0 Å². The fraction of sp³-hybridized carbons (Fsp3) is 0.562. The maximum Gasteiger partial charge on any atom is 0.234 e. The number of halogens is 1. The average Bonchev–Trinajstić information content (AvgIpc) is 2.39. The molecule has 1 rings (SSSR count). The molecule has 4 heteroatoms. The molecule has 0 saturated carbocycles. The van der Waals surface area contributed by atoms with Crippen molar-refractivity contribution in [1.82, 2.24) is 10.6 Å². The predicted molar refractivity (Wildman–Crippen MR) is 80.0 cm³/mol. The second-order valence-corrected chi connectivity index (χ2v) is 5.71. The monoisotopic (exact) mass is 280 g/mol. The molecule has 0 heterocycles. The molecule has 1 amide bonds. The smallest absolute Gasteiger partial charge is 0.234 e. The Morgan fingerprint density at radius 1 is 1.15 bits per heavy atom. The van der Waals surface area contributed by atoms with E-state index in [0.717, 1.165) is 12.0 Å². The summed E-state index contributed by atoms with van der Waals surface area (Å²) in [6, 6.07) is 6.80. The standard InChI is InChI=1S/C16H25FN2O/c1-11(2)13(4)19-16(20)10-18-12(3)9-14-5-7-15(17)8-6-14/h5-8,11-13,18H,9-10H2,1-4H3,(H,19,20). The molecule has 20 heavy (non-hydrogen) atoms. The predicted octanol–water partition coefficient (Wildman–Crippen LogP) is 2.51. The van der Waals surface area contributed by atoms with Crippen LogP contribution in [0.25, 0.3) is 0 Å². The molecule has 0 aliphatic carbocycles. The summed E-state index contributed by atoms with van der Waals surface area (Å²) < 4.78 is 12.8.